The van der Waals surface area contributed by atoms with Gasteiger partial charge in [-0.05, 0) is 43.3 Å². The number of esters is 1. The van der Waals surface area contributed by atoms with Gasteiger partial charge in [0.15, 0.2) is 6.61 Å². The Balaban J connectivity index is 1.82. The molecule has 0 bridgehead atoms. The van der Waals surface area contributed by atoms with Crippen molar-refractivity contribution in [1.82, 2.24) is 0 Å². The molecular formula is C18H17Cl2NO4. The van der Waals surface area contributed by atoms with Crippen molar-refractivity contribution in [2.45, 2.75) is 13.3 Å². The SMILES string of the molecule is CCOc1ccc(NC(=O)COC(=O)Cc2c(Cl)cccc2Cl)cc1. The van der Waals surface area contributed by atoms with Crippen molar-refractivity contribution in [3.8, 4) is 5.75 Å². The van der Waals surface area contributed by atoms with E-state index in [0.29, 0.717) is 33.7 Å². The topological polar surface area (TPSA) is 64.6 Å². The van der Waals surface area contributed by atoms with Crippen LogP contribution in [-0.2, 0) is 20.7 Å². The fourth-order valence-corrected chi connectivity index (χ4v) is 2.57. The molecule has 2 aromatic carbocycles. The Kier molecular flexibility index (Phi) is 7.10. The van der Waals surface area contributed by atoms with E-state index in [1.807, 2.05) is 6.92 Å². The molecule has 0 saturated heterocycles. The molecule has 2 rings (SSSR count). The minimum absolute atomic E-state index is 0.102. The van der Waals surface area contributed by atoms with Crippen molar-refractivity contribution in [3.63, 3.8) is 0 Å². The number of halogens is 2. The van der Waals surface area contributed by atoms with Crippen LogP contribution in [0.25, 0.3) is 0 Å². The van der Waals surface area contributed by atoms with Gasteiger partial charge in [-0.3, -0.25) is 9.59 Å². The molecule has 1 amide bonds. The van der Waals surface area contributed by atoms with E-state index in [-0.39, 0.29) is 6.42 Å². The Morgan fingerprint density at radius 1 is 1.04 bits per heavy atom. The molecule has 0 aliphatic rings. The summed E-state index contributed by atoms with van der Waals surface area (Å²) in [4.78, 5) is 23.7. The van der Waals surface area contributed by atoms with Crippen LogP contribution in [0.2, 0.25) is 10.0 Å². The second kappa shape index (κ2) is 9.30. The van der Waals surface area contributed by atoms with Crippen LogP contribution < -0.4 is 10.1 Å². The highest BCUT2D eigenvalue weighted by molar-refractivity contribution is 6.36. The number of benzene rings is 2. The maximum atomic E-state index is 11.9. The first-order valence-corrected chi connectivity index (χ1v) is 8.36. The summed E-state index contributed by atoms with van der Waals surface area (Å²) in [6, 6.07) is 11.8. The van der Waals surface area contributed by atoms with E-state index in [0.717, 1.165) is 0 Å². The van der Waals surface area contributed by atoms with Gasteiger partial charge in [-0.25, -0.2) is 0 Å². The summed E-state index contributed by atoms with van der Waals surface area (Å²) in [6.45, 7) is 2.06. The first-order chi connectivity index (χ1) is 12.0. The van der Waals surface area contributed by atoms with Crippen LogP contribution in [0.5, 0.6) is 5.75 Å². The van der Waals surface area contributed by atoms with Gasteiger partial charge in [0.05, 0.1) is 13.0 Å². The number of hydrogen-bond donors (Lipinski definition) is 1. The summed E-state index contributed by atoms with van der Waals surface area (Å²) >= 11 is 12.0. The highest BCUT2D eigenvalue weighted by atomic mass is 35.5. The Bertz CT molecular complexity index is 727. The third-order valence-electron chi connectivity index (χ3n) is 3.20. The molecule has 2 aromatic rings. The largest absolute Gasteiger partial charge is 0.494 e. The Labute approximate surface area is 155 Å². The minimum Gasteiger partial charge on any atom is -0.494 e. The first kappa shape index (κ1) is 19.1. The van der Waals surface area contributed by atoms with Gasteiger partial charge < -0.3 is 14.8 Å². The summed E-state index contributed by atoms with van der Waals surface area (Å²) in [5.74, 6) is -0.317. The second-order valence-electron chi connectivity index (χ2n) is 5.04. The average Bonchev–Trinajstić information content (AvgIpc) is 2.58. The quantitative estimate of drug-likeness (QED) is 0.732. The molecule has 132 valence electrons. The van der Waals surface area contributed by atoms with Gasteiger partial charge in [0.25, 0.3) is 5.91 Å². The van der Waals surface area contributed by atoms with E-state index in [2.05, 4.69) is 5.32 Å². The Morgan fingerprint density at radius 2 is 1.68 bits per heavy atom. The van der Waals surface area contributed by atoms with Gasteiger partial charge in [-0.2, -0.15) is 0 Å². The lowest BCUT2D eigenvalue weighted by Gasteiger charge is -2.09. The number of anilines is 1. The number of carbonyl (C=O) groups excluding carboxylic acids is 2. The molecule has 0 unspecified atom stereocenters. The number of nitrogens with one attached hydrogen (secondary N) is 1. The predicted molar refractivity (Wildman–Crippen MR) is 97.4 cm³/mol. The molecule has 0 aromatic heterocycles. The van der Waals surface area contributed by atoms with Gasteiger partial charge in [-0.15, -0.1) is 0 Å². The molecular weight excluding hydrogens is 365 g/mol. The monoisotopic (exact) mass is 381 g/mol. The molecule has 0 aliphatic carbocycles. The predicted octanol–water partition coefficient (Wildman–Crippen LogP) is 4.12. The van der Waals surface area contributed by atoms with Crippen molar-refractivity contribution in [3.05, 3.63) is 58.1 Å². The van der Waals surface area contributed by atoms with Gasteiger partial charge in [0, 0.05) is 21.3 Å². The summed E-state index contributed by atoms with van der Waals surface area (Å²) in [5.41, 5.74) is 1.06. The standard InChI is InChI=1S/C18H17Cl2NO4/c1-2-24-13-8-6-12(7-9-13)21-17(22)11-25-18(23)10-14-15(19)4-3-5-16(14)20/h3-9H,2,10-11H2,1H3,(H,21,22). The van der Waals surface area contributed by atoms with Gasteiger partial charge in [0.2, 0.25) is 0 Å². The molecule has 0 saturated carbocycles. The summed E-state index contributed by atoms with van der Waals surface area (Å²) in [7, 11) is 0. The van der Waals surface area contributed by atoms with E-state index in [1.165, 1.54) is 0 Å². The zero-order valence-electron chi connectivity index (χ0n) is 13.6. The summed E-state index contributed by atoms with van der Waals surface area (Å²) in [5, 5.41) is 3.39. The van der Waals surface area contributed by atoms with Crippen molar-refractivity contribution < 1.29 is 19.1 Å². The fraction of sp³-hybridized carbons (Fsp3) is 0.222. The Morgan fingerprint density at radius 3 is 2.28 bits per heavy atom. The first-order valence-electron chi connectivity index (χ1n) is 7.60. The van der Waals surface area contributed by atoms with Crippen LogP contribution in [0.4, 0.5) is 5.69 Å². The van der Waals surface area contributed by atoms with E-state index in [1.54, 1.807) is 42.5 Å². The number of ether oxygens (including phenoxy) is 2. The molecule has 0 radical (unpaired) electrons. The lowest BCUT2D eigenvalue weighted by atomic mass is 10.1. The van der Waals surface area contributed by atoms with Crippen molar-refractivity contribution in [2.75, 3.05) is 18.5 Å². The molecule has 0 spiro atoms. The zero-order chi connectivity index (χ0) is 18.2. The van der Waals surface area contributed by atoms with Crippen molar-refractivity contribution in [2.24, 2.45) is 0 Å². The van der Waals surface area contributed by atoms with Crippen molar-refractivity contribution >= 4 is 40.8 Å². The molecule has 1 N–H and O–H groups in total. The van der Waals surface area contributed by atoms with Crippen molar-refractivity contribution in [1.29, 1.82) is 0 Å². The van der Waals surface area contributed by atoms with Crippen LogP contribution in [0.15, 0.2) is 42.5 Å². The van der Waals surface area contributed by atoms with Gasteiger partial charge in [0.1, 0.15) is 5.75 Å². The van der Waals surface area contributed by atoms with Crippen LogP contribution in [0.1, 0.15) is 12.5 Å². The molecule has 0 heterocycles. The summed E-state index contributed by atoms with van der Waals surface area (Å²) < 4.78 is 10.3. The maximum absolute atomic E-state index is 11.9. The average molecular weight is 382 g/mol. The third-order valence-corrected chi connectivity index (χ3v) is 3.90. The van der Waals surface area contributed by atoms with Crippen LogP contribution in [0, 0.1) is 0 Å². The zero-order valence-corrected chi connectivity index (χ0v) is 15.1. The lowest BCUT2D eigenvalue weighted by molar-refractivity contribution is -0.146. The van der Waals surface area contributed by atoms with Gasteiger partial charge in [-0.1, -0.05) is 29.3 Å². The number of hydrogen-bond acceptors (Lipinski definition) is 4. The van der Waals surface area contributed by atoms with Crippen LogP contribution in [0.3, 0.4) is 0 Å². The van der Waals surface area contributed by atoms with Crippen LogP contribution in [-0.4, -0.2) is 25.1 Å². The second-order valence-corrected chi connectivity index (χ2v) is 5.86. The molecule has 0 aliphatic heterocycles. The number of amides is 1. The smallest absolute Gasteiger partial charge is 0.310 e. The molecule has 5 nitrogen and oxygen atoms in total. The molecule has 7 heteroatoms. The molecule has 0 fully saturated rings. The molecule has 0 atom stereocenters. The van der Waals surface area contributed by atoms with E-state index in [9.17, 15) is 9.59 Å². The molecule has 25 heavy (non-hydrogen) atoms. The van der Waals surface area contributed by atoms with Gasteiger partial charge >= 0.3 is 5.97 Å². The minimum atomic E-state index is -0.586. The maximum Gasteiger partial charge on any atom is 0.310 e. The third kappa shape index (κ3) is 5.96. The fourth-order valence-electron chi connectivity index (χ4n) is 2.04. The Hall–Kier alpha value is -2.24. The van der Waals surface area contributed by atoms with E-state index < -0.39 is 18.5 Å². The van der Waals surface area contributed by atoms with Crippen LogP contribution >= 0.6 is 23.2 Å². The number of carbonyl (C=O) groups is 2. The summed E-state index contributed by atoms with van der Waals surface area (Å²) in [6.07, 6.45) is -0.102. The highest BCUT2D eigenvalue weighted by Gasteiger charge is 2.13. The van der Waals surface area contributed by atoms with E-state index in [4.69, 9.17) is 32.7 Å². The highest BCUT2D eigenvalue weighted by Crippen LogP contribution is 2.24. The normalized spacial score (nSPS) is 10.2. The van der Waals surface area contributed by atoms with E-state index >= 15 is 0 Å². The number of rotatable bonds is 7. The lowest BCUT2D eigenvalue weighted by Crippen LogP contribution is -2.21.